The Bertz CT molecular complexity index is 429. The van der Waals surface area contributed by atoms with Gasteiger partial charge in [0, 0.05) is 5.02 Å². The Kier molecular flexibility index (Phi) is 4.70. The molecule has 0 spiro atoms. The smallest absolute Gasteiger partial charge is 0.336 e. The molecule has 17 heavy (non-hydrogen) atoms. The molecule has 1 unspecified atom stereocenters. The number of hydrogen-bond acceptors (Lipinski definition) is 2. The van der Waals surface area contributed by atoms with E-state index in [1.54, 1.807) is 32.0 Å². The van der Waals surface area contributed by atoms with Gasteiger partial charge in [0.1, 0.15) is 0 Å². The Morgan fingerprint density at radius 3 is 2.65 bits per heavy atom. The summed E-state index contributed by atoms with van der Waals surface area (Å²) in [5, 5.41) is 0.412. The maximum Gasteiger partial charge on any atom is 0.336 e. The first kappa shape index (κ1) is 13.7. The minimum atomic E-state index is -1.60. The van der Waals surface area contributed by atoms with Gasteiger partial charge in [0.05, 0.1) is 11.7 Å². The summed E-state index contributed by atoms with van der Waals surface area (Å²) < 4.78 is 18.8. The molecule has 0 fully saturated rings. The summed E-state index contributed by atoms with van der Waals surface area (Å²) in [5.41, 5.74) is 0.0733. The Hall–Kier alpha value is -1.35. The molecular formula is C13H14ClFO2. The summed E-state index contributed by atoms with van der Waals surface area (Å²) in [5.74, 6) is -0.729. The van der Waals surface area contributed by atoms with Crippen molar-refractivity contribution in [3.8, 4) is 0 Å². The van der Waals surface area contributed by atoms with Crippen LogP contribution in [0.5, 0.6) is 0 Å². The van der Waals surface area contributed by atoms with Gasteiger partial charge in [0.15, 0.2) is 6.17 Å². The predicted molar refractivity (Wildman–Crippen MR) is 65.7 cm³/mol. The average molecular weight is 257 g/mol. The van der Waals surface area contributed by atoms with Gasteiger partial charge in [0.2, 0.25) is 0 Å². The topological polar surface area (TPSA) is 26.3 Å². The summed E-state index contributed by atoms with van der Waals surface area (Å²) in [7, 11) is 0. The highest BCUT2D eigenvalue weighted by Gasteiger charge is 2.22. The SMILES string of the molecule is C=C(C(=O)OC(C)C)C(F)c1cccc(Cl)c1. The van der Waals surface area contributed by atoms with Gasteiger partial charge in [-0.05, 0) is 31.5 Å². The van der Waals surface area contributed by atoms with E-state index in [9.17, 15) is 9.18 Å². The highest BCUT2D eigenvalue weighted by atomic mass is 35.5. The van der Waals surface area contributed by atoms with Crippen LogP contribution < -0.4 is 0 Å². The van der Waals surface area contributed by atoms with Gasteiger partial charge in [-0.15, -0.1) is 0 Å². The first-order valence-corrected chi connectivity index (χ1v) is 5.59. The number of carbonyl (C=O) groups excluding carboxylic acids is 1. The largest absolute Gasteiger partial charge is 0.460 e. The lowest BCUT2D eigenvalue weighted by molar-refractivity contribution is -0.143. The first-order chi connectivity index (χ1) is 7.91. The lowest BCUT2D eigenvalue weighted by Crippen LogP contribution is -2.16. The van der Waals surface area contributed by atoms with Crippen molar-refractivity contribution in [3.63, 3.8) is 0 Å². The van der Waals surface area contributed by atoms with Crippen molar-refractivity contribution in [2.75, 3.05) is 0 Å². The van der Waals surface area contributed by atoms with E-state index in [0.29, 0.717) is 10.6 Å². The second kappa shape index (κ2) is 5.82. The van der Waals surface area contributed by atoms with E-state index < -0.39 is 12.1 Å². The van der Waals surface area contributed by atoms with Gasteiger partial charge < -0.3 is 4.74 Å². The molecule has 1 atom stereocenters. The molecule has 4 heteroatoms. The predicted octanol–water partition coefficient (Wildman–Crippen LogP) is 3.86. The molecular weight excluding hydrogens is 243 g/mol. The van der Waals surface area contributed by atoms with Crippen molar-refractivity contribution in [3.05, 3.63) is 47.0 Å². The van der Waals surface area contributed by atoms with Crippen LogP contribution in [0.3, 0.4) is 0 Å². The minimum Gasteiger partial charge on any atom is -0.460 e. The highest BCUT2D eigenvalue weighted by molar-refractivity contribution is 6.30. The number of esters is 1. The van der Waals surface area contributed by atoms with Gasteiger partial charge in [0.25, 0.3) is 0 Å². The summed E-state index contributed by atoms with van der Waals surface area (Å²) >= 11 is 5.75. The fourth-order valence-corrected chi connectivity index (χ4v) is 1.46. The van der Waals surface area contributed by atoms with Crippen molar-refractivity contribution in [2.24, 2.45) is 0 Å². The quantitative estimate of drug-likeness (QED) is 0.604. The van der Waals surface area contributed by atoms with E-state index in [-0.39, 0.29) is 11.7 Å². The molecule has 2 nitrogen and oxygen atoms in total. The maximum absolute atomic E-state index is 14.0. The lowest BCUT2D eigenvalue weighted by Gasteiger charge is -2.13. The van der Waals surface area contributed by atoms with Crippen LogP contribution >= 0.6 is 11.6 Å². The van der Waals surface area contributed by atoms with Crippen LogP contribution in [0, 0.1) is 0 Å². The standard InChI is InChI=1S/C13H14ClFO2/c1-8(2)17-13(16)9(3)12(15)10-5-4-6-11(14)7-10/h4-8,12H,3H2,1-2H3. The monoisotopic (exact) mass is 256 g/mol. The summed E-state index contributed by atoms with van der Waals surface area (Å²) in [6.45, 7) is 6.81. The van der Waals surface area contributed by atoms with E-state index in [4.69, 9.17) is 16.3 Å². The van der Waals surface area contributed by atoms with Gasteiger partial charge in [-0.25, -0.2) is 9.18 Å². The second-order valence-corrected chi connectivity index (χ2v) is 4.33. The molecule has 0 amide bonds. The molecule has 0 aliphatic rings. The molecule has 0 aliphatic heterocycles. The Balaban J connectivity index is 2.79. The molecule has 1 aromatic rings. The number of rotatable bonds is 4. The number of hydrogen-bond donors (Lipinski definition) is 0. The van der Waals surface area contributed by atoms with Gasteiger partial charge in [-0.2, -0.15) is 0 Å². The molecule has 0 aliphatic carbocycles. The zero-order valence-corrected chi connectivity index (χ0v) is 10.5. The van der Waals surface area contributed by atoms with Crippen LogP contribution in [0.1, 0.15) is 25.6 Å². The Morgan fingerprint density at radius 1 is 1.47 bits per heavy atom. The van der Waals surface area contributed by atoms with Crippen LogP contribution in [0.15, 0.2) is 36.4 Å². The Morgan fingerprint density at radius 2 is 2.12 bits per heavy atom. The van der Waals surface area contributed by atoms with Crippen molar-refractivity contribution in [1.82, 2.24) is 0 Å². The molecule has 92 valence electrons. The third kappa shape index (κ3) is 3.86. The number of alkyl halides is 1. The molecule has 0 saturated heterocycles. The Labute approximate surface area is 105 Å². The lowest BCUT2D eigenvalue weighted by atomic mass is 10.0. The fraction of sp³-hybridized carbons (Fsp3) is 0.308. The summed E-state index contributed by atoms with van der Waals surface area (Å²) in [6, 6.07) is 6.25. The highest BCUT2D eigenvalue weighted by Crippen LogP contribution is 2.27. The fourth-order valence-electron chi connectivity index (χ4n) is 1.26. The van der Waals surface area contributed by atoms with Gasteiger partial charge in [-0.3, -0.25) is 0 Å². The third-order valence-electron chi connectivity index (χ3n) is 2.05. The number of ether oxygens (including phenoxy) is 1. The van der Waals surface area contributed by atoms with E-state index in [2.05, 4.69) is 6.58 Å². The van der Waals surface area contributed by atoms with Crippen LogP contribution in [-0.2, 0) is 9.53 Å². The molecule has 1 rings (SSSR count). The van der Waals surface area contributed by atoms with Gasteiger partial charge >= 0.3 is 5.97 Å². The number of halogens is 2. The van der Waals surface area contributed by atoms with E-state index in [0.717, 1.165) is 0 Å². The van der Waals surface area contributed by atoms with E-state index in [1.165, 1.54) is 6.07 Å². The summed E-state index contributed by atoms with van der Waals surface area (Å²) in [4.78, 5) is 11.5. The molecule has 0 saturated carbocycles. The van der Waals surface area contributed by atoms with E-state index in [1.807, 2.05) is 0 Å². The summed E-state index contributed by atoms with van der Waals surface area (Å²) in [6.07, 6.45) is -1.90. The molecule has 0 radical (unpaired) electrons. The molecule has 0 bridgehead atoms. The van der Waals surface area contributed by atoms with Crippen molar-refractivity contribution >= 4 is 17.6 Å². The van der Waals surface area contributed by atoms with Gasteiger partial charge in [-0.1, -0.05) is 30.3 Å². The van der Waals surface area contributed by atoms with Crippen LogP contribution in [-0.4, -0.2) is 12.1 Å². The zero-order chi connectivity index (χ0) is 13.0. The van der Waals surface area contributed by atoms with Crippen molar-refractivity contribution in [1.29, 1.82) is 0 Å². The molecule has 0 N–H and O–H groups in total. The van der Waals surface area contributed by atoms with E-state index >= 15 is 0 Å². The average Bonchev–Trinajstić information content (AvgIpc) is 2.26. The third-order valence-corrected chi connectivity index (χ3v) is 2.29. The van der Waals surface area contributed by atoms with Crippen molar-refractivity contribution in [2.45, 2.75) is 26.1 Å². The van der Waals surface area contributed by atoms with Crippen LogP contribution in [0.2, 0.25) is 5.02 Å². The first-order valence-electron chi connectivity index (χ1n) is 5.21. The maximum atomic E-state index is 14.0. The molecule has 0 heterocycles. The number of carbonyl (C=O) groups is 1. The molecule has 0 aromatic heterocycles. The van der Waals surface area contributed by atoms with Crippen LogP contribution in [0.4, 0.5) is 4.39 Å². The number of benzene rings is 1. The normalized spacial score (nSPS) is 12.3. The minimum absolute atomic E-state index is 0.221. The van der Waals surface area contributed by atoms with Crippen LogP contribution in [0.25, 0.3) is 0 Å². The molecule has 1 aromatic carbocycles. The van der Waals surface area contributed by atoms with Crippen molar-refractivity contribution < 1.29 is 13.9 Å². The zero-order valence-electron chi connectivity index (χ0n) is 9.74. The second-order valence-electron chi connectivity index (χ2n) is 3.90.